The second-order valence-electron chi connectivity index (χ2n) is 9.71. The molecule has 0 fully saturated rings. The van der Waals surface area contributed by atoms with E-state index < -0.39 is 7.14 Å². The Kier molecular flexibility index (Phi) is 5.46. The van der Waals surface area contributed by atoms with Crippen molar-refractivity contribution in [1.29, 1.82) is 0 Å². The molecule has 0 aliphatic rings. The standard InChI is InChI=1S/C36H25OP/c37-38(35-17-7-13-28-10-3-5-15-33(28)35,36-18-8-14-29-11-4-6-16-34(29)36)32-23-21-27(22-24-32)31-20-19-26-9-1-2-12-30(26)25-31/h1-25H. The molecule has 7 rings (SSSR count). The maximum Gasteiger partial charge on any atom is 0.172 e. The van der Waals surface area contributed by atoms with Crippen molar-refractivity contribution in [3.05, 3.63) is 152 Å². The van der Waals surface area contributed by atoms with Gasteiger partial charge >= 0.3 is 0 Å². The van der Waals surface area contributed by atoms with Crippen LogP contribution in [-0.4, -0.2) is 0 Å². The molecule has 0 saturated carbocycles. The molecule has 0 amide bonds. The lowest BCUT2D eigenvalue weighted by molar-refractivity contribution is 0.593. The normalized spacial score (nSPS) is 11.8. The molecule has 2 heteroatoms. The van der Waals surface area contributed by atoms with Crippen LogP contribution in [-0.2, 0) is 4.57 Å². The third-order valence-electron chi connectivity index (χ3n) is 7.53. The van der Waals surface area contributed by atoms with Crippen LogP contribution in [0.3, 0.4) is 0 Å². The van der Waals surface area contributed by atoms with Gasteiger partial charge in [0.1, 0.15) is 0 Å². The zero-order valence-corrected chi connectivity index (χ0v) is 21.7. The van der Waals surface area contributed by atoms with Gasteiger partial charge in [-0.25, -0.2) is 0 Å². The summed E-state index contributed by atoms with van der Waals surface area (Å²) in [6, 6.07) is 52.1. The maximum absolute atomic E-state index is 15.7. The molecule has 7 aromatic carbocycles. The average Bonchev–Trinajstić information content (AvgIpc) is 3.00. The molecule has 0 heterocycles. The molecule has 0 aliphatic heterocycles. The zero-order valence-electron chi connectivity index (χ0n) is 20.8. The number of hydrogen-bond acceptors (Lipinski definition) is 1. The van der Waals surface area contributed by atoms with Gasteiger partial charge in [-0.05, 0) is 49.5 Å². The lowest BCUT2D eigenvalue weighted by Gasteiger charge is -2.23. The van der Waals surface area contributed by atoms with Gasteiger partial charge in [0.2, 0.25) is 0 Å². The highest BCUT2D eigenvalue weighted by molar-refractivity contribution is 7.86. The lowest BCUT2D eigenvalue weighted by atomic mass is 10.0. The second kappa shape index (κ2) is 9.14. The monoisotopic (exact) mass is 504 g/mol. The molecule has 7 aromatic rings. The van der Waals surface area contributed by atoms with Gasteiger partial charge in [0.15, 0.2) is 7.14 Å². The first-order valence-electron chi connectivity index (χ1n) is 12.9. The molecule has 0 N–H and O–H groups in total. The van der Waals surface area contributed by atoms with E-state index in [9.17, 15) is 0 Å². The smallest absolute Gasteiger partial charge is 0.172 e. The van der Waals surface area contributed by atoms with Crippen molar-refractivity contribution in [3.63, 3.8) is 0 Å². The van der Waals surface area contributed by atoms with Gasteiger partial charge in [-0.3, -0.25) is 0 Å². The molecule has 0 radical (unpaired) electrons. The van der Waals surface area contributed by atoms with Crippen molar-refractivity contribution < 1.29 is 4.57 Å². The Morgan fingerprint density at radius 2 is 0.842 bits per heavy atom. The van der Waals surface area contributed by atoms with Crippen LogP contribution in [0.1, 0.15) is 0 Å². The summed E-state index contributed by atoms with van der Waals surface area (Å²) in [5, 5.41) is 9.30. The summed E-state index contributed by atoms with van der Waals surface area (Å²) in [4.78, 5) is 0. The quantitative estimate of drug-likeness (QED) is 0.220. The SMILES string of the molecule is O=P(c1ccc(-c2ccc3ccccc3c2)cc1)(c1cccc2ccccc12)c1cccc2ccccc12. The molecule has 0 spiro atoms. The highest BCUT2D eigenvalue weighted by atomic mass is 31.2. The Labute approximate surface area is 222 Å². The molecular formula is C36H25OP. The summed E-state index contributed by atoms with van der Waals surface area (Å²) in [5.74, 6) is 0. The molecule has 0 aromatic heterocycles. The van der Waals surface area contributed by atoms with Gasteiger partial charge in [-0.1, -0.05) is 146 Å². The van der Waals surface area contributed by atoms with E-state index in [-0.39, 0.29) is 0 Å². The highest BCUT2D eigenvalue weighted by Crippen LogP contribution is 2.46. The predicted octanol–water partition coefficient (Wildman–Crippen LogP) is 8.45. The molecule has 0 saturated heterocycles. The van der Waals surface area contributed by atoms with E-state index >= 15 is 4.57 Å². The Morgan fingerprint density at radius 1 is 0.368 bits per heavy atom. The van der Waals surface area contributed by atoms with Crippen LogP contribution >= 0.6 is 7.14 Å². The Hall–Kier alpha value is -4.45. The average molecular weight is 505 g/mol. The van der Waals surface area contributed by atoms with E-state index in [1.165, 1.54) is 10.8 Å². The Bertz CT molecular complexity index is 1910. The van der Waals surface area contributed by atoms with Crippen LogP contribution in [0.25, 0.3) is 43.4 Å². The first kappa shape index (κ1) is 22.7. The number of hydrogen-bond donors (Lipinski definition) is 0. The van der Waals surface area contributed by atoms with Gasteiger partial charge in [-0.15, -0.1) is 0 Å². The second-order valence-corrected chi connectivity index (χ2v) is 12.4. The molecular weight excluding hydrogens is 479 g/mol. The lowest BCUT2D eigenvalue weighted by Crippen LogP contribution is -2.26. The van der Waals surface area contributed by atoms with Crippen LogP contribution in [0.4, 0.5) is 0 Å². The third-order valence-corrected chi connectivity index (χ3v) is 10.7. The molecule has 0 aliphatic carbocycles. The van der Waals surface area contributed by atoms with Crippen molar-refractivity contribution in [1.82, 2.24) is 0 Å². The molecule has 1 nitrogen and oxygen atoms in total. The number of benzene rings is 7. The van der Waals surface area contributed by atoms with E-state index in [4.69, 9.17) is 0 Å². The molecule has 38 heavy (non-hydrogen) atoms. The van der Waals surface area contributed by atoms with Gasteiger partial charge in [0.05, 0.1) is 0 Å². The predicted molar refractivity (Wildman–Crippen MR) is 164 cm³/mol. The fourth-order valence-corrected chi connectivity index (χ4v) is 8.67. The van der Waals surface area contributed by atoms with Crippen LogP contribution in [0.15, 0.2) is 152 Å². The van der Waals surface area contributed by atoms with E-state index in [2.05, 4.69) is 103 Å². The van der Waals surface area contributed by atoms with E-state index in [0.717, 1.165) is 48.6 Å². The summed E-state index contributed by atoms with van der Waals surface area (Å²) >= 11 is 0. The van der Waals surface area contributed by atoms with E-state index in [0.29, 0.717) is 0 Å². The minimum atomic E-state index is -3.22. The number of fused-ring (bicyclic) bond motifs is 3. The Balaban J connectivity index is 1.46. The first-order chi connectivity index (χ1) is 18.7. The summed E-state index contributed by atoms with van der Waals surface area (Å²) in [6.07, 6.45) is 0. The van der Waals surface area contributed by atoms with Crippen molar-refractivity contribution in [2.75, 3.05) is 0 Å². The third kappa shape index (κ3) is 3.67. The zero-order chi connectivity index (χ0) is 25.5. The highest BCUT2D eigenvalue weighted by Gasteiger charge is 2.32. The van der Waals surface area contributed by atoms with Crippen LogP contribution < -0.4 is 15.9 Å². The van der Waals surface area contributed by atoms with Gasteiger partial charge in [0, 0.05) is 15.9 Å². The van der Waals surface area contributed by atoms with Crippen molar-refractivity contribution >= 4 is 55.4 Å². The van der Waals surface area contributed by atoms with Crippen molar-refractivity contribution in [2.45, 2.75) is 0 Å². The van der Waals surface area contributed by atoms with Crippen LogP contribution in [0.2, 0.25) is 0 Å². The van der Waals surface area contributed by atoms with E-state index in [1.807, 2.05) is 48.5 Å². The van der Waals surface area contributed by atoms with Gasteiger partial charge < -0.3 is 4.57 Å². The minimum absolute atomic E-state index is 0.842. The van der Waals surface area contributed by atoms with E-state index in [1.54, 1.807) is 0 Å². The maximum atomic E-state index is 15.7. The summed E-state index contributed by atoms with van der Waals surface area (Å²) in [5.41, 5.74) is 2.27. The minimum Gasteiger partial charge on any atom is -0.309 e. The fourth-order valence-electron chi connectivity index (χ4n) is 5.61. The van der Waals surface area contributed by atoms with Crippen molar-refractivity contribution in [3.8, 4) is 11.1 Å². The summed E-state index contributed by atoms with van der Waals surface area (Å²) in [7, 11) is -3.22. The molecule has 0 atom stereocenters. The molecule has 0 unspecified atom stereocenters. The largest absolute Gasteiger partial charge is 0.309 e. The first-order valence-corrected chi connectivity index (χ1v) is 14.6. The molecule has 180 valence electrons. The molecule has 0 bridgehead atoms. The van der Waals surface area contributed by atoms with Gasteiger partial charge in [-0.2, -0.15) is 0 Å². The number of rotatable bonds is 4. The van der Waals surface area contributed by atoms with Crippen LogP contribution in [0.5, 0.6) is 0 Å². The summed E-state index contributed by atoms with van der Waals surface area (Å²) in [6.45, 7) is 0. The Morgan fingerprint density at radius 3 is 1.45 bits per heavy atom. The van der Waals surface area contributed by atoms with Crippen LogP contribution in [0, 0.1) is 0 Å². The van der Waals surface area contributed by atoms with Gasteiger partial charge in [0.25, 0.3) is 0 Å². The van der Waals surface area contributed by atoms with Crippen molar-refractivity contribution in [2.24, 2.45) is 0 Å². The fraction of sp³-hybridized carbons (Fsp3) is 0. The summed E-state index contributed by atoms with van der Waals surface area (Å²) < 4.78 is 15.7. The topological polar surface area (TPSA) is 17.1 Å².